The minimum Gasteiger partial charge on any atom is -0.456 e. The maximum atomic E-state index is 12.4. The summed E-state index contributed by atoms with van der Waals surface area (Å²) < 4.78 is 34.9. The average Bonchev–Trinajstić information content (AvgIpc) is 2.64. The van der Waals surface area contributed by atoms with E-state index < -0.39 is 21.7 Å². The van der Waals surface area contributed by atoms with Gasteiger partial charge in [0, 0.05) is 6.20 Å². The number of rotatable bonds is 9. The molecule has 0 unspecified atom stereocenters. The summed E-state index contributed by atoms with van der Waals surface area (Å²) in [5, 5.41) is 0.231. The molecule has 0 saturated carbocycles. The number of aromatic nitrogens is 1. The highest BCUT2D eigenvalue weighted by Crippen LogP contribution is 2.20. The zero-order valence-electron chi connectivity index (χ0n) is 17.8. The summed E-state index contributed by atoms with van der Waals surface area (Å²) in [5.74, 6) is -0.436. The fourth-order valence-corrected chi connectivity index (χ4v) is 3.82. The van der Waals surface area contributed by atoms with Crippen molar-refractivity contribution in [2.75, 3.05) is 6.61 Å². The summed E-state index contributed by atoms with van der Waals surface area (Å²) in [6.45, 7) is 7.41. The number of benzene rings is 1. The van der Waals surface area contributed by atoms with Crippen molar-refractivity contribution in [1.29, 1.82) is 0 Å². The number of unbranched alkanes of at least 4 members (excludes halogenated alkanes) is 2. The van der Waals surface area contributed by atoms with Crippen LogP contribution in [0.2, 0.25) is 5.15 Å². The molecule has 0 aliphatic heterocycles. The Balaban J connectivity index is 1.84. The largest absolute Gasteiger partial charge is 0.456 e. The molecule has 1 aromatic heterocycles. The number of hydrogen-bond donors (Lipinski definition) is 0. The minimum atomic E-state index is -3.74. The van der Waals surface area contributed by atoms with E-state index in [0.717, 1.165) is 24.0 Å². The maximum absolute atomic E-state index is 12.4. The molecule has 0 saturated heterocycles. The lowest BCUT2D eigenvalue weighted by molar-refractivity contribution is 0.00681. The standard InChI is InChI=1S/C22H28ClNO5S/c1-16-9-11-18(12-10-16)30(26,27)28-13-7-5-6-8-17-15-24-20(23)14-19(17)21(25)29-22(2,3)4/h9-12,14-15H,5-8,13H2,1-4H3. The first kappa shape index (κ1) is 24.3. The zero-order valence-corrected chi connectivity index (χ0v) is 19.3. The Bertz CT molecular complexity index is 966. The third kappa shape index (κ3) is 7.70. The number of halogens is 1. The van der Waals surface area contributed by atoms with Gasteiger partial charge in [-0.15, -0.1) is 0 Å². The summed E-state index contributed by atoms with van der Waals surface area (Å²) in [4.78, 5) is 16.7. The van der Waals surface area contributed by atoms with Crippen molar-refractivity contribution in [1.82, 2.24) is 4.98 Å². The Morgan fingerprint density at radius 1 is 1.10 bits per heavy atom. The normalized spacial score (nSPS) is 12.0. The number of aryl methyl sites for hydroxylation is 2. The lowest BCUT2D eigenvalue weighted by Gasteiger charge is -2.20. The molecule has 1 aromatic carbocycles. The van der Waals surface area contributed by atoms with Crippen molar-refractivity contribution in [3.05, 3.63) is 58.4 Å². The van der Waals surface area contributed by atoms with E-state index in [-0.39, 0.29) is 16.7 Å². The summed E-state index contributed by atoms with van der Waals surface area (Å²) in [7, 11) is -3.74. The molecule has 0 fully saturated rings. The lowest BCUT2D eigenvalue weighted by Crippen LogP contribution is -2.24. The third-order valence-electron chi connectivity index (χ3n) is 4.21. The van der Waals surface area contributed by atoms with Crippen LogP contribution in [0, 0.1) is 6.92 Å². The van der Waals surface area contributed by atoms with E-state index in [2.05, 4.69) is 4.98 Å². The number of pyridine rings is 1. The molecular weight excluding hydrogens is 426 g/mol. The zero-order chi connectivity index (χ0) is 22.4. The van der Waals surface area contributed by atoms with Gasteiger partial charge in [-0.25, -0.2) is 9.78 Å². The van der Waals surface area contributed by atoms with Crippen LogP contribution in [-0.2, 0) is 25.5 Å². The first-order valence-corrected chi connectivity index (χ1v) is 11.6. The van der Waals surface area contributed by atoms with Crippen molar-refractivity contribution in [2.24, 2.45) is 0 Å². The van der Waals surface area contributed by atoms with Crippen molar-refractivity contribution < 1.29 is 22.1 Å². The maximum Gasteiger partial charge on any atom is 0.339 e. The van der Waals surface area contributed by atoms with Crippen LogP contribution in [0.4, 0.5) is 0 Å². The van der Waals surface area contributed by atoms with Crippen molar-refractivity contribution in [2.45, 2.75) is 63.9 Å². The van der Waals surface area contributed by atoms with Gasteiger partial charge < -0.3 is 4.74 Å². The smallest absolute Gasteiger partial charge is 0.339 e. The van der Waals surface area contributed by atoms with Crippen molar-refractivity contribution in [3.8, 4) is 0 Å². The molecule has 6 nitrogen and oxygen atoms in total. The molecule has 2 aromatic rings. The Labute approximate surface area is 183 Å². The summed E-state index contributed by atoms with van der Waals surface area (Å²) in [6.07, 6.45) is 4.24. The van der Waals surface area contributed by atoms with Crippen LogP contribution in [0.15, 0.2) is 41.4 Å². The van der Waals surface area contributed by atoms with Crippen LogP contribution in [-0.4, -0.2) is 31.6 Å². The quantitative estimate of drug-likeness (QED) is 0.227. The molecule has 1 heterocycles. The first-order chi connectivity index (χ1) is 14.0. The van der Waals surface area contributed by atoms with Gasteiger partial charge in [-0.2, -0.15) is 8.42 Å². The Morgan fingerprint density at radius 3 is 2.40 bits per heavy atom. The highest BCUT2D eigenvalue weighted by molar-refractivity contribution is 7.86. The molecule has 0 amide bonds. The van der Waals surface area contributed by atoms with Crippen molar-refractivity contribution >= 4 is 27.7 Å². The van der Waals surface area contributed by atoms with E-state index in [1.165, 1.54) is 18.2 Å². The van der Waals surface area contributed by atoms with Crippen LogP contribution < -0.4 is 0 Å². The molecule has 0 radical (unpaired) electrons. The molecule has 0 aliphatic carbocycles. The molecule has 30 heavy (non-hydrogen) atoms. The fourth-order valence-electron chi connectivity index (χ4n) is 2.72. The highest BCUT2D eigenvalue weighted by Gasteiger charge is 2.21. The van der Waals surface area contributed by atoms with E-state index in [1.807, 2.05) is 6.92 Å². The second kappa shape index (κ2) is 10.4. The Morgan fingerprint density at radius 2 is 1.77 bits per heavy atom. The average molecular weight is 454 g/mol. The van der Waals surface area contributed by atoms with Crippen LogP contribution in [0.5, 0.6) is 0 Å². The number of nitrogens with zero attached hydrogens (tertiary/aromatic N) is 1. The monoisotopic (exact) mass is 453 g/mol. The minimum absolute atomic E-state index is 0.105. The van der Waals surface area contributed by atoms with E-state index >= 15 is 0 Å². The molecule has 164 valence electrons. The van der Waals surface area contributed by atoms with Crippen LogP contribution in [0.25, 0.3) is 0 Å². The summed E-state index contributed by atoms with van der Waals surface area (Å²) >= 11 is 5.94. The topological polar surface area (TPSA) is 82.6 Å². The number of carbonyl (C=O) groups is 1. The Hall–Kier alpha value is -1.96. The molecule has 0 atom stereocenters. The number of ether oxygens (including phenoxy) is 1. The molecule has 0 aliphatic rings. The number of carbonyl (C=O) groups excluding carboxylic acids is 1. The van der Waals surface area contributed by atoms with Gasteiger partial charge in [0.15, 0.2) is 0 Å². The lowest BCUT2D eigenvalue weighted by atomic mass is 10.0. The van der Waals surface area contributed by atoms with E-state index in [1.54, 1.807) is 39.1 Å². The second-order valence-electron chi connectivity index (χ2n) is 8.07. The van der Waals surface area contributed by atoms with Crippen molar-refractivity contribution in [3.63, 3.8) is 0 Å². The fraction of sp³-hybridized carbons (Fsp3) is 0.455. The Kier molecular flexibility index (Phi) is 8.41. The van der Waals surface area contributed by atoms with Crippen LogP contribution >= 0.6 is 11.6 Å². The van der Waals surface area contributed by atoms with E-state index in [4.69, 9.17) is 20.5 Å². The van der Waals surface area contributed by atoms with Crippen LogP contribution in [0.3, 0.4) is 0 Å². The SMILES string of the molecule is Cc1ccc(S(=O)(=O)OCCCCCc2cnc(Cl)cc2C(=O)OC(C)(C)C)cc1. The molecule has 0 bridgehead atoms. The van der Waals surface area contributed by atoms with Gasteiger partial charge in [0.05, 0.1) is 17.1 Å². The van der Waals surface area contributed by atoms with E-state index in [9.17, 15) is 13.2 Å². The van der Waals surface area contributed by atoms with Gasteiger partial charge in [0.25, 0.3) is 10.1 Å². The molecular formula is C22H28ClNO5S. The number of esters is 1. The molecule has 0 N–H and O–H groups in total. The van der Waals surface area contributed by atoms with Gasteiger partial charge in [-0.1, -0.05) is 35.7 Å². The van der Waals surface area contributed by atoms with Gasteiger partial charge >= 0.3 is 5.97 Å². The summed E-state index contributed by atoms with van der Waals surface area (Å²) in [6, 6.07) is 8.06. The molecule has 8 heteroatoms. The van der Waals surface area contributed by atoms with Gasteiger partial charge in [0.2, 0.25) is 0 Å². The van der Waals surface area contributed by atoms with Gasteiger partial charge in [-0.3, -0.25) is 4.18 Å². The van der Waals surface area contributed by atoms with Gasteiger partial charge in [-0.05, 0) is 70.7 Å². The van der Waals surface area contributed by atoms with E-state index in [0.29, 0.717) is 18.4 Å². The van der Waals surface area contributed by atoms with Gasteiger partial charge in [0.1, 0.15) is 10.8 Å². The summed E-state index contributed by atoms with van der Waals surface area (Å²) in [5.41, 5.74) is 1.53. The first-order valence-electron chi connectivity index (χ1n) is 9.82. The third-order valence-corrected chi connectivity index (χ3v) is 5.74. The molecule has 2 rings (SSSR count). The highest BCUT2D eigenvalue weighted by atomic mass is 35.5. The number of hydrogen-bond acceptors (Lipinski definition) is 6. The predicted octanol–water partition coefficient (Wildman–Crippen LogP) is 5.12. The predicted molar refractivity (Wildman–Crippen MR) is 116 cm³/mol. The van der Waals surface area contributed by atoms with Crippen LogP contribution in [0.1, 0.15) is 61.5 Å². The second-order valence-corrected chi connectivity index (χ2v) is 10.1. The molecule has 0 spiro atoms.